The Morgan fingerprint density at radius 3 is 2.68 bits per heavy atom. The molecule has 0 spiro atoms. The summed E-state index contributed by atoms with van der Waals surface area (Å²) in [6.45, 7) is 7.66. The van der Waals surface area contributed by atoms with Gasteiger partial charge in [0.25, 0.3) is 0 Å². The van der Waals surface area contributed by atoms with Gasteiger partial charge in [-0.2, -0.15) is 0 Å². The third kappa shape index (κ3) is 3.66. The van der Waals surface area contributed by atoms with E-state index in [1.54, 1.807) is 19.5 Å². The zero-order valence-corrected chi connectivity index (χ0v) is 12.4. The summed E-state index contributed by atoms with van der Waals surface area (Å²) in [7, 11) is 1.67. The van der Waals surface area contributed by atoms with Crippen LogP contribution in [0.25, 0.3) is 0 Å². The number of nitrogens with zero attached hydrogens (tertiary/aromatic N) is 2. The minimum Gasteiger partial charge on any atom is -0.480 e. The van der Waals surface area contributed by atoms with Crippen molar-refractivity contribution < 1.29 is 4.74 Å². The van der Waals surface area contributed by atoms with Crippen LogP contribution in [0.1, 0.15) is 51.6 Å². The molecule has 1 heterocycles. The van der Waals surface area contributed by atoms with Crippen LogP contribution >= 0.6 is 0 Å². The zero-order chi connectivity index (χ0) is 13.9. The molecule has 0 amide bonds. The third-order valence-corrected chi connectivity index (χ3v) is 3.79. The molecule has 0 saturated heterocycles. The van der Waals surface area contributed by atoms with E-state index in [2.05, 4.69) is 36.1 Å². The van der Waals surface area contributed by atoms with Crippen LogP contribution in [0.3, 0.4) is 0 Å². The highest BCUT2D eigenvalue weighted by molar-refractivity contribution is 5.23. The molecule has 1 fully saturated rings. The molecule has 1 N–H and O–H groups in total. The van der Waals surface area contributed by atoms with E-state index in [4.69, 9.17) is 4.74 Å². The molecule has 1 aromatic heterocycles. The van der Waals surface area contributed by atoms with Crippen LogP contribution in [-0.4, -0.2) is 29.2 Å². The van der Waals surface area contributed by atoms with Crippen molar-refractivity contribution in [2.24, 2.45) is 5.92 Å². The van der Waals surface area contributed by atoms with Crippen molar-refractivity contribution >= 4 is 0 Å². The smallest absolute Gasteiger partial charge is 0.235 e. The predicted octanol–water partition coefficient (Wildman–Crippen LogP) is 2.76. The third-order valence-electron chi connectivity index (χ3n) is 3.79. The van der Waals surface area contributed by atoms with Crippen molar-refractivity contribution in [3.8, 4) is 5.88 Å². The van der Waals surface area contributed by atoms with Crippen molar-refractivity contribution in [3.63, 3.8) is 0 Å². The second-order valence-corrected chi connectivity index (χ2v) is 6.38. The molecule has 1 aliphatic rings. The van der Waals surface area contributed by atoms with Gasteiger partial charge in [0.1, 0.15) is 5.69 Å². The highest BCUT2D eigenvalue weighted by Crippen LogP contribution is 2.41. The number of hydrogen-bond acceptors (Lipinski definition) is 4. The maximum Gasteiger partial charge on any atom is 0.235 e. The number of hydrogen-bond donors (Lipinski definition) is 1. The monoisotopic (exact) mass is 263 g/mol. The number of ether oxygens (including phenoxy) is 1. The molecular weight excluding hydrogens is 238 g/mol. The van der Waals surface area contributed by atoms with Crippen molar-refractivity contribution in [1.29, 1.82) is 0 Å². The van der Waals surface area contributed by atoms with Gasteiger partial charge in [0.2, 0.25) is 5.88 Å². The minimum atomic E-state index is 0.166. The Morgan fingerprint density at radius 2 is 2.00 bits per heavy atom. The standard InChI is InChI=1S/C15H25N3O/c1-15(2,3)18-10-11-6-5-7-12(11)13-14(19-4)17-9-8-16-13/h8-9,11-12,18H,5-7,10H2,1-4H3. The van der Waals surface area contributed by atoms with E-state index in [1.165, 1.54) is 19.3 Å². The Hall–Kier alpha value is -1.16. The molecule has 2 unspecified atom stereocenters. The summed E-state index contributed by atoms with van der Waals surface area (Å²) in [5.41, 5.74) is 1.20. The lowest BCUT2D eigenvalue weighted by Crippen LogP contribution is -2.39. The van der Waals surface area contributed by atoms with E-state index < -0.39 is 0 Å². The van der Waals surface area contributed by atoms with Crippen LogP contribution in [-0.2, 0) is 0 Å². The second-order valence-electron chi connectivity index (χ2n) is 6.38. The quantitative estimate of drug-likeness (QED) is 0.907. The molecule has 2 atom stereocenters. The van der Waals surface area contributed by atoms with Crippen LogP contribution in [0.15, 0.2) is 12.4 Å². The van der Waals surface area contributed by atoms with Gasteiger partial charge < -0.3 is 10.1 Å². The number of methoxy groups -OCH3 is 1. The van der Waals surface area contributed by atoms with E-state index in [-0.39, 0.29) is 5.54 Å². The predicted molar refractivity (Wildman–Crippen MR) is 76.4 cm³/mol. The van der Waals surface area contributed by atoms with E-state index in [0.29, 0.717) is 17.7 Å². The molecule has 1 aliphatic carbocycles. The number of rotatable bonds is 4. The lowest BCUT2D eigenvalue weighted by atomic mass is 9.92. The summed E-state index contributed by atoms with van der Waals surface area (Å²) in [5, 5.41) is 3.61. The zero-order valence-electron chi connectivity index (χ0n) is 12.4. The van der Waals surface area contributed by atoms with Gasteiger partial charge in [-0.1, -0.05) is 6.42 Å². The van der Waals surface area contributed by atoms with Crippen LogP contribution < -0.4 is 10.1 Å². The van der Waals surface area contributed by atoms with Gasteiger partial charge in [-0.3, -0.25) is 4.98 Å². The summed E-state index contributed by atoms with van der Waals surface area (Å²) in [4.78, 5) is 8.79. The van der Waals surface area contributed by atoms with E-state index in [0.717, 1.165) is 12.2 Å². The van der Waals surface area contributed by atoms with Gasteiger partial charge >= 0.3 is 0 Å². The fourth-order valence-corrected chi connectivity index (χ4v) is 2.83. The fraction of sp³-hybridized carbons (Fsp3) is 0.733. The van der Waals surface area contributed by atoms with E-state index >= 15 is 0 Å². The fourth-order valence-electron chi connectivity index (χ4n) is 2.83. The SMILES string of the molecule is COc1nccnc1C1CCCC1CNC(C)(C)C. The first-order valence-electron chi connectivity index (χ1n) is 7.11. The number of aromatic nitrogens is 2. The molecule has 0 aliphatic heterocycles. The highest BCUT2D eigenvalue weighted by atomic mass is 16.5. The lowest BCUT2D eigenvalue weighted by Gasteiger charge is -2.26. The molecule has 0 radical (unpaired) electrons. The molecular formula is C15H25N3O. The second kappa shape index (κ2) is 5.87. The molecule has 0 aromatic carbocycles. The summed E-state index contributed by atoms with van der Waals surface area (Å²) in [6, 6.07) is 0. The minimum absolute atomic E-state index is 0.166. The van der Waals surface area contributed by atoms with Gasteiger partial charge in [0.15, 0.2) is 0 Å². The molecule has 4 nitrogen and oxygen atoms in total. The van der Waals surface area contributed by atoms with Crippen molar-refractivity contribution in [2.45, 2.75) is 51.5 Å². The summed E-state index contributed by atoms with van der Waals surface area (Å²) in [6.07, 6.45) is 7.17. The normalized spacial score (nSPS) is 23.6. The molecule has 2 rings (SSSR count). The average Bonchev–Trinajstić information content (AvgIpc) is 2.83. The van der Waals surface area contributed by atoms with Crippen LogP contribution in [0, 0.1) is 5.92 Å². The first-order valence-corrected chi connectivity index (χ1v) is 7.11. The Morgan fingerprint density at radius 1 is 1.26 bits per heavy atom. The van der Waals surface area contributed by atoms with E-state index in [9.17, 15) is 0 Å². The van der Waals surface area contributed by atoms with Crippen LogP contribution in [0.2, 0.25) is 0 Å². The Balaban J connectivity index is 2.10. The summed E-state index contributed by atoms with van der Waals surface area (Å²) < 4.78 is 5.36. The maximum absolute atomic E-state index is 5.36. The molecule has 0 bridgehead atoms. The molecule has 1 aromatic rings. The van der Waals surface area contributed by atoms with Gasteiger partial charge in [-0.25, -0.2) is 4.98 Å². The highest BCUT2D eigenvalue weighted by Gasteiger charge is 2.32. The maximum atomic E-state index is 5.36. The lowest BCUT2D eigenvalue weighted by molar-refractivity contribution is 0.341. The first kappa shape index (κ1) is 14.3. The van der Waals surface area contributed by atoms with Gasteiger partial charge in [0.05, 0.1) is 7.11 Å². The van der Waals surface area contributed by atoms with Crippen molar-refractivity contribution in [3.05, 3.63) is 18.1 Å². The largest absolute Gasteiger partial charge is 0.480 e. The van der Waals surface area contributed by atoms with Crippen molar-refractivity contribution in [1.82, 2.24) is 15.3 Å². The molecule has 106 valence electrons. The Kier molecular flexibility index (Phi) is 4.40. The number of nitrogens with one attached hydrogen (secondary N) is 1. The van der Waals surface area contributed by atoms with Gasteiger partial charge in [-0.15, -0.1) is 0 Å². The first-order chi connectivity index (χ1) is 9.01. The Labute approximate surface area is 116 Å². The molecule has 4 heteroatoms. The van der Waals surface area contributed by atoms with Gasteiger partial charge in [-0.05, 0) is 46.1 Å². The Bertz CT molecular complexity index is 414. The van der Waals surface area contributed by atoms with Crippen LogP contribution in [0.5, 0.6) is 5.88 Å². The van der Waals surface area contributed by atoms with Gasteiger partial charge in [0, 0.05) is 23.9 Å². The summed E-state index contributed by atoms with van der Waals surface area (Å²) in [5.74, 6) is 1.79. The molecule has 19 heavy (non-hydrogen) atoms. The van der Waals surface area contributed by atoms with Crippen molar-refractivity contribution in [2.75, 3.05) is 13.7 Å². The van der Waals surface area contributed by atoms with Crippen LogP contribution in [0.4, 0.5) is 0 Å². The average molecular weight is 263 g/mol. The van der Waals surface area contributed by atoms with E-state index in [1.807, 2.05) is 0 Å². The summed E-state index contributed by atoms with van der Waals surface area (Å²) >= 11 is 0. The topological polar surface area (TPSA) is 47.0 Å². The molecule has 1 saturated carbocycles.